The summed E-state index contributed by atoms with van der Waals surface area (Å²) in [5.74, 6) is 0. The van der Waals surface area contributed by atoms with Gasteiger partial charge >= 0.3 is 0 Å². The van der Waals surface area contributed by atoms with Gasteiger partial charge in [-0.15, -0.1) is 0 Å². The molecule has 1 heterocycles. The summed E-state index contributed by atoms with van der Waals surface area (Å²) >= 11 is 3.44. The van der Waals surface area contributed by atoms with Crippen molar-refractivity contribution >= 4 is 21.6 Å². The molecular formula is C20H25BrN2O. The van der Waals surface area contributed by atoms with Gasteiger partial charge in [0.2, 0.25) is 0 Å². The maximum absolute atomic E-state index is 10.5. The topological polar surface area (TPSA) is 26.7 Å². The van der Waals surface area contributed by atoms with Crippen molar-refractivity contribution in [1.82, 2.24) is 4.90 Å². The van der Waals surface area contributed by atoms with Crippen LogP contribution in [-0.4, -0.2) is 42.7 Å². The van der Waals surface area contributed by atoms with Crippen molar-refractivity contribution in [3.05, 3.63) is 63.6 Å². The first kappa shape index (κ1) is 17.5. The highest BCUT2D eigenvalue weighted by atomic mass is 79.9. The summed E-state index contributed by atoms with van der Waals surface area (Å²) in [5.41, 5.74) is 4.98. The van der Waals surface area contributed by atoms with Gasteiger partial charge in [-0.3, -0.25) is 4.90 Å². The van der Waals surface area contributed by atoms with Crippen molar-refractivity contribution in [3.63, 3.8) is 0 Å². The average molecular weight is 389 g/mol. The van der Waals surface area contributed by atoms with Crippen LogP contribution in [0.25, 0.3) is 0 Å². The Morgan fingerprint density at radius 2 is 1.67 bits per heavy atom. The van der Waals surface area contributed by atoms with E-state index in [4.69, 9.17) is 0 Å². The van der Waals surface area contributed by atoms with E-state index in [0.29, 0.717) is 6.54 Å². The number of rotatable bonds is 4. The first-order chi connectivity index (χ1) is 11.5. The number of aliphatic hydroxyl groups excluding tert-OH is 1. The van der Waals surface area contributed by atoms with Crippen LogP contribution >= 0.6 is 15.9 Å². The van der Waals surface area contributed by atoms with Gasteiger partial charge in [-0.25, -0.2) is 0 Å². The molecule has 1 aliphatic rings. The van der Waals surface area contributed by atoms with Crippen molar-refractivity contribution in [2.45, 2.75) is 20.0 Å². The summed E-state index contributed by atoms with van der Waals surface area (Å²) < 4.78 is 1.04. The largest absolute Gasteiger partial charge is 0.387 e. The van der Waals surface area contributed by atoms with Crippen molar-refractivity contribution in [2.24, 2.45) is 0 Å². The number of piperazine rings is 1. The van der Waals surface area contributed by atoms with E-state index in [-0.39, 0.29) is 0 Å². The summed E-state index contributed by atoms with van der Waals surface area (Å²) in [4.78, 5) is 4.82. The van der Waals surface area contributed by atoms with Gasteiger partial charge in [-0.05, 0) is 48.7 Å². The minimum absolute atomic E-state index is 0.426. The van der Waals surface area contributed by atoms with Gasteiger partial charge in [0.15, 0.2) is 0 Å². The van der Waals surface area contributed by atoms with E-state index in [1.807, 2.05) is 24.3 Å². The van der Waals surface area contributed by atoms with E-state index in [1.54, 1.807) is 0 Å². The maximum atomic E-state index is 10.5. The standard InChI is InChI=1S/C20H25BrN2O/c1-15-3-4-16(2)19(13-15)23-11-9-22(10-12-23)14-20(24)17-5-7-18(21)8-6-17/h3-8,13,20,24H,9-12,14H2,1-2H3. The first-order valence-corrected chi connectivity index (χ1v) is 9.30. The smallest absolute Gasteiger partial charge is 0.0916 e. The van der Waals surface area contributed by atoms with Gasteiger partial charge in [-0.1, -0.05) is 40.2 Å². The monoisotopic (exact) mass is 388 g/mol. The highest BCUT2D eigenvalue weighted by Gasteiger charge is 2.21. The highest BCUT2D eigenvalue weighted by Crippen LogP contribution is 2.24. The Bertz CT molecular complexity index is 679. The Morgan fingerprint density at radius 3 is 2.33 bits per heavy atom. The predicted octanol–water partition coefficient (Wildman–Crippen LogP) is 3.92. The molecule has 0 amide bonds. The molecule has 1 N–H and O–H groups in total. The molecule has 24 heavy (non-hydrogen) atoms. The lowest BCUT2D eigenvalue weighted by atomic mass is 10.1. The fourth-order valence-corrected chi connectivity index (χ4v) is 3.53. The molecule has 1 fully saturated rings. The molecular weight excluding hydrogens is 364 g/mol. The summed E-state index contributed by atoms with van der Waals surface area (Å²) in [6.07, 6.45) is -0.426. The molecule has 0 spiro atoms. The number of benzene rings is 2. The Morgan fingerprint density at radius 1 is 1.00 bits per heavy atom. The van der Waals surface area contributed by atoms with Gasteiger partial charge < -0.3 is 10.0 Å². The molecule has 128 valence electrons. The van der Waals surface area contributed by atoms with Crippen LogP contribution in [-0.2, 0) is 0 Å². The fourth-order valence-electron chi connectivity index (χ4n) is 3.27. The van der Waals surface area contributed by atoms with Gasteiger partial charge in [0, 0.05) is 42.9 Å². The lowest BCUT2D eigenvalue weighted by molar-refractivity contribution is 0.109. The molecule has 0 bridgehead atoms. The molecule has 1 atom stereocenters. The molecule has 1 unspecified atom stereocenters. The van der Waals surface area contributed by atoms with E-state index in [9.17, 15) is 5.11 Å². The van der Waals surface area contributed by atoms with Crippen molar-refractivity contribution in [1.29, 1.82) is 0 Å². The SMILES string of the molecule is Cc1ccc(C)c(N2CCN(CC(O)c3ccc(Br)cc3)CC2)c1. The van der Waals surface area contributed by atoms with Crippen LogP contribution in [0.2, 0.25) is 0 Å². The number of hydrogen-bond acceptors (Lipinski definition) is 3. The fraction of sp³-hybridized carbons (Fsp3) is 0.400. The van der Waals surface area contributed by atoms with Crippen molar-refractivity contribution < 1.29 is 5.11 Å². The summed E-state index contributed by atoms with van der Waals surface area (Å²) in [7, 11) is 0. The molecule has 3 nitrogen and oxygen atoms in total. The van der Waals surface area contributed by atoms with Gasteiger partial charge in [-0.2, -0.15) is 0 Å². The van der Waals surface area contributed by atoms with Crippen LogP contribution in [0.4, 0.5) is 5.69 Å². The minimum atomic E-state index is -0.426. The number of halogens is 1. The van der Waals surface area contributed by atoms with Crippen molar-refractivity contribution in [2.75, 3.05) is 37.6 Å². The summed E-state index contributed by atoms with van der Waals surface area (Å²) in [5, 5.41) is 10.5. The van der Waals surface area contributed by atoms with E-state index in [2.05, 4.69) is 57.8 Å². The minimum Gasteiger partial charge on any atom is -0.387 e. The second-order valence-corrected chi connectivity index (χ2v) is 7.56. The lowest BCUT2D eigenvalue weighted by Crippen LogP contribution is -2.47. The Hall–Kier alpha value is -1.36. The molecule has 0 saturated carbocycles. The van der Waals surface area contributed by atoms with Crippen LogP contribution in [0.3, 0.4) is 0 Å². The van der Waals surface area contributed by atoms with Gasteiger partial charge in [0.05, 0.1) is 6.10 Å². The van der Waals surface area contributed by atoms with E-state index >= 15 is 0 Å². The maximum Gasteiger partial charge on any atom is 0.0916 e. The van der Waals surface area contributed by atoms with Gasteiger partial charge in [0.25, 0.3) is 0 Å². The second kappa shape index (κ2) is 7.68. The third-order valence-electron chi connectivity index (χ3n) is 4.76. The average Bonchev–Trinajstić information content (AvgIpc) is 2.58. The molecule has 3 rings (SSSR count). The molecule has 2 aromatic carbocycles. The van der Waals surface area contributed by atoms with Crippen LogP contribution < -0.4 is 4.90 Å². The van der Waals surface area contributed by atoms with E-state index in [1.165, 1.54) is 16.8 Å². The zero-order chi connectivity index (χ0) is 17.1. The number of aliphatic hydroxyl groups is 1. The molecule has 1 aliphatic heterocycles. The Labute approximate surface area is 153 Å². The number of anilines is 1. The number of hydrogen-bond donors (Lipinski definition) is 1. The molecule has 4 heteroatoms. The van der Waals surface area contributed by atoms with Crippen LogP contribution in [0.5, 0.6) is 0 Å². The van der Waals surface area contributed by atoms with Crippen LogP contribution in [0, 0.1) is 13.8 Å². The predicted molar refractivity (Wildman–Crippen MR) is 104 cm³/mol. The quantitative estimate of drug-likeness (QED) is 0.859. The number of aryl methyl sites for hydroxylation is 2. The number of β-amino-alcohol motifs (C(OH)–C–C–N with tert-alkyl or cyclic N) is 1. The molecule has 0 radical (unpaired) electrons. The van der Waals surface area contributed by atoms with E-state index < -0.39 is 6.10 Å². The third kappa shape index (κ3) is 4.18. The summed E-state index contributed by atoms with van der Waals surface area (Å²) in [6, 6.07) is 14.6. The Balaban J connectivity index is 1.57. The number of nitrogens with zero attached hydrogens (tertiary/aromatic N) is 2. The second-order valence-electron chi connectivity index (χ2n) is 6.64. The zero-order valence-corrected chi connectivity index (χ0v) is 16.0. The van der Waals surface area contributed by atoms with Crippen LogP contribution in [0.1, 0.15) is 22.8 Å². The van der Waals surface area contributed by atoms with Gasteiger partial charge in [0.1, 0.15) is 0 Å². The zero-order valence-electron chi connectivity index (χ0n) is 14.4. The van der Waals surface area contributed by atoms with Crippen LogP contribution in [0.15, 0.2) is 46.9 Å². The highest BCUT2D eigenvalue weighted by molar-refractivity contribution is 9.10. The summed E-state index contributed by atoms with van der Waals surface area (Å²) in [6.45, 7) is 9.02. The molecule has 2 aromatic rings. The van der Waals surface area contributed by atoms with E-state index in [0.717, 1.165) is 36.2 Å². The lowest BCUT2D eigenvalue weighted by Gasteiger charge is -2.37. The molecule has 0 aromatic heterocycles. The molecule has 0 aliphatic carbocycles. The first-order valence-electron chi connectivity index (χ1n) is 8.51. The van der Waals surface area contributed by atoms with Crippen molar-refractivity contribution in [3.8, 4) is 0 Å². The Kier molecular flexibility index (Phi) is 5.59. The molecule has 1 saturated heterocycles. The third-order valence-corrected chi connectivity index (χ3v) is 5.29. The normalized spacial score (nSPS) is 17.1.